The largest absolute Gasteiger partial charge is 0.366 e. The van der Waals surface area contributed by atoms with E-state index < -0.39 is 5.91 Å². The van der Waals surface area contributed by atoms with Crippen LogP contribution in [0.2, 0.25) is 0 Å². The molecule has 0 saturated carbocycles. The summed E-state index contributed by atoms with van der Waals surface area (Å²) in [6.45, 7) is 1.46. The van der Waals surface area contributed by atoms with Crippen LogP contribution in [0.25, 0.3) is 11.1 Å². The summed E-state index contributed by atoms with van der Waals surface area (Å²) in [6, 6.07) is 22.2. The predicted molar refractivity (Wildman–Crippen MR) is 109 cm³/mol. The van der Waals surface area contributed by atoms with Crippen molar-refractivity contribution in [2.75, 3.05) is 6.54 Å². The molecule has 0 unspecified atom stereocenters. The number of hydrogen-bond donors (Lipinski definition) is 2. The van der Waals surface area contributed by atoms with Gasteiger partial charge in [-0.2, -0.15) is 0 Å². The Bertz CT molecular complexity index is 897. The third kappa shape index (κ3) is 5.91. The fourth-order valence-corrected chi connectivity index (χ4v) is 2.83. The van der Waals surface area contributed by atoms with Crippen LogP contribution in [0.4, 0.5) is 4.39 Å². The molecule has 0 aliphatic heterocycles. The molecule has 0 fully saturated rings. The van der Waals surface area contributed by atoms with Gasteiger partial charge in [-0.3, -0.25) is 4.79 Å². The first-order valence-electron chi connectivity index (χ1n) is 8.56. The van der Waals surface area contributed by atoms with Crippen LogP contribution in [0.1, 0.15) is 21.5 Å². The van der Waals surface area contributed by atoms with Gasteiger partial charge >= 0.3 is 0 Å². The summed E-state index contributed by atoms with van der Waals surface area (Å²) >= 11 is 0. The summed E-state index contributed by atoms with van der Waals surface area (Å²) in [4.78, 5) is 11.3. The highest BCUT2D eigenvalue weighted by Crippen LogP contribution is 2.21. The topological polar surface area (TPSA) is 55.1 Å². The van der Waals surface area contributed by atoms with Crippen molar-refractivity contribution in [1.29, 1.82) is 0 Å². The van der Waals surface area contributed by atoms with Gasteiger partial charge < -0.3 is 11.1 Å². The standard InChI is InChI=1S/C22H21FN2O.ClH/c23-21-6-1-3-17(13-21)15-25-12-11-16-7-9-18(10-8-16)19-4-2-5-20(14-19)22(24)26;/h1-10,13-14,25H,11-12,15H2,(H2,24,26);1H. The Morgan fingerprint density at radius 2 is 1.63 bits per heavy atom. The Hall–Kier alpha value is -2.69. The lowest BCUT2D eigenvalue weighted by molar-refractivity contribution is 0.100. The van der Waals surface area contributed by atoms with Gasteiger partial charge in [0.05, 0.1) is 0 Å². The number of halogens is 2. The van der Waals surface area contributed by atoms with Crippen LogP contribution in [0, 0.1) is 5.82 Å². The maximum absolute atomic E-state index is 13.1. The van der Waals surface area contributed by atoms with Crippen molar-refractivity contribution in [3.8, 4) is 11.1 Å². The molecule has 27 heavy (non-hydrogen) atoms. The minimum atomic E-state index is -0.423. The number of amides is 1. The molecular weight excluding hydrogens is 363 g/mol. The van der Waals surface area contributed by atoms with E-state index in [0.29, 0.717) is 12.1 Å². The van der Waals surface area contributed by atoms with E-state index >= 15 is 0 Å². The van der Waals surface area contributed by atoms with Crippen LogP contribution in [0.5, 0.6) is 0 Å². The lowest BCUT2D eigenvalue weighted by atomic mass is 10.0. The molecular formula is C22H22ClFN2O. The second kappa shape index (κ2) is 9.86. The summed E-state index contributed by atoms with van der Waals surface area (Å²) < 4.78 is 13.1. The highest BCUT2D eigenvalue weighted by Gasteiger charge is 2.03. The third-order valence-electron chi connectivity index (χ3n) is 4.24. The SMILES string of the molecule is Cl.NC(=O)c1cccc(-c2ccc(CCNCc3cccc(F)c3)cc2)c1. The normalized spacial score (nSPS) is 10.3. The molecule has 3 aromatic carbocycles. The zero-order valence-electron chi connectivity index (χ0n) is 14.8. The van der Waals surface area contributed by atoms with Crippen molar-refractivity contribution in [1.82, 2.24) is 5.32 Å². The Balaban J connectivity index is 0.00000261. The first-order valence-corrected chi connectivity index (χ1v) is 8.56. The zero-order valence-corrected chi connectivity index (χ0v) is 15.6. The van der Waals surface area contributed by atoms with E-state index in [1.165, 1.54) is 11.6 Å². The number of benzene rings is 3. The Morgan fingerprint density at radius 1 is 0.889 bits per heavy atom. The molecule has 140 valence electrons. The summed E-state index contributed by atoms with van der Waals surface area (Å²) in [5.41, 5.74) is 10.0. The van der Waals surface area contributed by atoms with Crippen molar-refractivity contribution in [2.24, 2.45) is 5.73 Å². The lowest BCUT2D eigenvalue weighted by Gasteiger charge is -2.07. The van der Waals surface area contributed by atoms with Gasteiger partial charge in [0.1, 0.15) is 5.82 Å². The van der Waals surface area contributed by atoms with Crippen molar-refractivity contribution < 1.29 is 9.18 Å². The minimum absolute atomic E-state index is 0. The summed E-state index contributed by atoms with van der Waals surface area (Å²) in [6.07, 6.45) is 0.886. The lowest BCUT2D eigenvalue weighted by Crippen LogP contribution is -2.16. The molecule has 3 N–H and O–H groups in total. The molecule has 0 aliphatic carbocycles. The number of carbonyl (C=O) groups is 1. The summed E-state index contributed by atoms with van der Waals surface area (Å²) in [5.74, 6) is -0.631. The minimum Gasteiger partial charge on any atom is -0.366 e. The maximum atomic E-state index is 13.1. The van der Waals surface area contributed by atoms with Gasteiger partial charge in [0.2, 0.25) is 5.91 Å². The van der Waals surface area contributed by atoms with E-state index in [2.05, 4.69) is 17.4 Å². The molecule has 0 heterocycles. The van der Waals surface area contributed by atoms with Crippen LogP contribution in [0.15, 0.2) is 72.8 Å². The third-order valence-corrected chi connectivity index (χ3v) is 4.24. The van der Waals surface area contributed by atoms with Crippen LogP contribution in [0.3, 0.4) is 0 Å². The Labute approximate surface area is 164 Å². The summed E-state index contributed by atoms with van der Waals surface area (Å²) in [7, 11) is 0. The van der Waals surface area contributed by atoms with E-state index in [1.807, 2.05) is 30.3 Å². The highest BCUT2D eigenvalue weighted by molar-refractivity contribution is 5.94. The molecule has 0 bridgehead atoms. The molecule has 0 aromatic heterocycles. The molecule has 5 heteroatoms. The van der Waals surface area contributed by atoms with Crippen LogP contribution < -0.4 is 11.1 Å². The Kier molecular flexibility index (Phi) is 7.53. The zero-order chi connectivity index (χ0) is 18.4. The Morgan fingerprint density at radius 3 is 2.33 bits per heavy atom. The van der Waals surface area contributed by atoms with Crippen LogP contribution >= 0.6 is 12.4 Å². The van der Waals surface area contributed by atoms with Gasteiger partial charge in [0.15, 0.2) is 0 Å². The van der Waals surface area contributed by atoms with Gasteiger partial charge in [0, 0.05) is 12.1 Å². The number of nitrogens with two attached hydrogens (primary N) is 1. The number of primary amides is 1. The molecule has 0 radical (unpaired) electrons. The molecule has 0 atom stereocenters. The second-order valence-corrected chi connectivity index (χ2v) is 6.20. The molecule has 0 saturated heterocycles. The van der Waals surface area contributed by atoms with Crippen molar-refractivity contribution in [2.45, 2.75) is 13.0 Å². The smallest absolute Gasteiger partial charge is 0.248 e. The molecule has 1 amide bonds. The van der Waals surface area contributed by atoms with Gasteiger partial charge in [-0.1, -0.05) is 48.5 Å². The van der Waals surface area contributed by atoms with Gasteiger partial charge in [0.25, 0.3) is 0 Å². The quantitative estimate of drug-likeness (QED) is 0.595. The number of hydrogen-bond acceptors (Lipinski definition) is 2. The van der Waals surface area contributed by atoms with E-state index in [1.54, 1.807) is 24.3 Å². The first kappa shape index (κ1) is 20.6. The van der Waals surface area contributed by atoms with Crippen molar-refractivity contribution in [3.63, 3.8) is 0 Å². The maximum Gasteiger partial charge on any atom is 0.248 e. The van der Waals surface area contributed by atoms with Gasteiger partial charge in [-0.05, 0) is 59.5 Å². The van der Waals surface area contributed by atoms with Crippen molar-refractivity contribution in [3.05, 3.63) is 95.3 Å². The molecule has 3 rings (SSSR count). The van der Waals surface area contributed by atoms with Gasteiger partial charge in [-0.15, -0.1) is 12.4 Å². The summed E-state index contributed by atoms with van der Waals surface area (Å²) in [5, 5.41) is 3.33. The predicted octanol–water partition coefficient (Wildman–Crippen LogP) is 4.35. The van der Waals surface area contributed by atoms with Crippen LogP contribution in [-0.4, -0.2) is 12.5 Å². The molecule has 3 aromatic rings. The van der Waals surface area contributed by atoms with E-state index in [9.17, 15) is 9.18 Å². The number of nitrogens with one attached hydrogen (secondary N) is 1. The van der Waals surface area contributed by atoms with Gasteiger partial charge in [-0.25, -0.2) is 4.39 Å². The monoisotopic (exact) mass is 384 g/mol. The van der Waals surface area contributed by atoms with E-state index in [0.717, 1.165) is 29.7 Å². The average Bonchev–Trinajstić information content (AvgIpc) is 2.66. The molecule has 3 nitrogen and oxygen atoms in total. The second-order valence-electron chi connectivity index (χ2n) is 6.20. The highest BCUT2D eigenvalue weighted by atomic mass is 35.5. The van der Waals surface area contributed by atoms with Crippen LogP contribution in [-0.2, 0) is 13.0 Å². The number of carbonyl (C=O) groups excluding carboxylic acids is 1. The van der Waals surface area contributed by atoms with E-state index in [-0.39, 0.29) is 18.2 Å². The molecule has 0 aliphatic rings. The fraction of sp³-hybridized carbons (Fsp3) is 0.136. The van der Waals surface area contributed by atoms with Crippen molar-refractivity contribution >= 4 is 18.3 Å². The van der Waals surface area contributed by atoms with E-state index in [4.69, 9.17) is 5.73 Å². The molecule has 0 spiro atoms. The first-order chi connectivity index (χ1) is 12.6. The number of rotatable bonds is 7. The fourth-order valence-electron chi connectivity index (χ4n) is 2.83. The average molecular weight is 385 g/mol.